The Morgan fingerprint density at radius 1 is 1.00 bits per heavy atom. The maximum atomic E-state index is 4.87. The van der Waals surface area contributed by atoms with Crippen LogP contribution in [0.3, 0.4) is 0 Å². The molecule has 1 aromatic heterocycles. The first kappa shape index (κ1) is 27.1. The van der Waals surface area contributed by atoms with Gasteiger partial charge in [-0.25, -0.2) is 4.57 Å². The fraction of sp³-hybridized carbons (Fsp3) is 0.351. The summed E-state index contributed by atoms with van der Waals surface area (Å²) in [6.07, 6.45) is 30.4. The Hall–Kier alpha value is -3.52. The summed E-state index contributed by atoms with van der Waals surface area (Å²) < 4.78 is 2.28. The summed E-state index contributed by atoms with van der Waals surface area (Å²) in [5.41, 5.74) is 10.7. The predicted molar refractivity (Wildman–Crippen MR) is 167 cm³/mol. The second kappa shape index (κ2) is 12.1. The van der Waals surface area contributed by atoms with Crippen molar-refractivity contribution in [2.45, 2.75) is 71.6 Å². The average molecular weight is 516 g/mol. The molecular formula is C37H43N2+. The number of aliphatic imine (C=N–C) groups is 1. The lowest BCUT2D eigenvalue weighted by Crippen LogP contribution is -2.32. The molecule has 2 aromatic rings. The molecule has 0 saturated heterocycles. The minimum Gasteiger partial charge on any atom is -0.261 e. The second-order valence-electron chi connectivity index (χ2n) is 11.2. The van der Waals surface area contributed by atoms with Crippen LogP contribution in [-0.4, -0.2) is 5.71 Å². The summed E-state index contributed by atoms with van der Waals surface area (Å²) in [4.78, 5) is 4.87. The van der Waals surface area contributed by atoms with Gasteiger partial charge in [0.25, 0.3) is 0 Å². The molecule has 0 radical (unpaired) electrons. The Bertz CT molecular complexity index is 1430. The number of aromatic nitrogens is 1. The van der Waals surface area contributed by atoms with E-state index in [0.29, 0.717) is 5.92 Å². The lowest BCUT2D eigenvalue weighted by atomic mass is 9.63. The predicted octanol–water partition coefficient (Wildman–Crippen LogP) is 9.38. The van der Waals surface area contributed by atoms with E-state index in [4.69, 9.17) is 4.99 Å². The van der Waals surface area contributed by atoms with Crippen LogP contribution in [0.2, 0.25) is 0 Å². The van der Waals surface area contributed by atoms with E-state index >= 15 is 0 Å². The number of hydrogen-bond acceptors (Lipinski definition) is 1. The van der Waals surface area contributed by atoms with Gasteiger partial charge >= 0.3 is 0 Å². The minimum absolute atomic E-state index is 0.152. The van der Waals surface area contributed by atoms with Gasteiger partial charge in [-0.3, -0.25) is 4.99 Å². The summed E-state index contributed by atoms with van der Waals surface area (Å²) in [5, 5.41) is 0. The Balaban J connectivity index is 1.66. The smallest absolute Gasteiger partial charge is 0.213 e. The van der Waals surface area contributed by atoms with E-state index in [1.807, 2.05) is 6.20 Å². The molecule has 2 aliphatic carbocycles. The maximum Gasteiger partial charge on any atom is 0.213 e. The molecule has 200 valence electrons. The molecule has 2 heteroatoms. The van der Waals surface area contributed by atoms with Gasteiger partial charge in [0.2, 0.25) is 5.69 Å². The Kier molecular flexibility index (Phi) is 8.41. The van der Waals surface area contributed by atoms with E-state index < -0.39 is 0 Å². The summed E-state index contributed by atoms with van der Waals surface area (Å²) in [5.74, 6) is 0.315. The van der Waals surface area contributed by atoms with Gasteiger partial charge in [-0.1, -0.05) is 80.7 Å². The highest BCUT2D eigenvalue weighted by Crippen LogP contribution is 2.50. The molecule has 2 unspecified atom stereocenters. The van der Waals surface area contributed by atoms with Crippen LogP contribution in [0.4, 0.5) is 0 Å². The number of allylic oxidation sites excluding steroid dienone is 11. The van der Waals surface area contributed by atoms with Crippen molar-refractivity contribution < 1.29 is 4.57 Å². The van der Waals surface area contributed by atoms with Crippen molar-refractivity contribution in [2.75, 3.05) is 0 Å². The van der Waals surface area contributed by atoms with Gasteiger partial charge < -0.3 is 0 Å². The number of benzene rings is 1. The van der Waals surface area contributed by atoms with E-state index in [-0.39, 0.29) is 5.41 Å². The third kappa shape index (κ3) is 5.48. The molecule has 1 aromatic carbocycles. The van der Waals surface area contributed by atoms with Gasteiger partial charge in [0.15, 0.2) is 6.20 Å². The van der Waals surface area contributed by atoms with Crippen molar-refractivity contribution >= 4 is 11.3 Å². The Labute approximate surface area is 235 Å². The molecule has 3 aliphatic rings. The molecule has 5 rings (SSSR count). The van der Waals surface area contributed by atoms with Crippen LogP contribution in [0.1, 0.15) is 82.8 Å². The first-order valence-electron chi connectivity index (χ1n) is 14.8. The van der Waals surface area contributed by atoms with Crippen LogP contribution < -0.4 is 4.57 Å². The lowest BCUT2D eigenvalue weighted by molar-refractivity contribution is -0.660. The molecule has 0 bridgehead atoms. The topological polar surface area (TPSA) is 16.2 Å². The molecule has 0 N–H and O–H groups in total. The summed E-state index contributed by atoms with van der Waals surface area (Å²) >= 11 is 0. The van der Waals surface area contributed by atoms with E-state index in [9.17, 15) is 0 Å². The molecule has 1 aliphatic heterocycles. The summed E-state index contributed by atoms with van der Waals surface area (Å²) in [7, 11) is 2.17. The van der Waals surface area contributed by atoms with Crippen molar-refractivity contribution in [1.29, 1.82) is 0 Å². The van der Waals surface area contributed by atoms with Gasteiger partial charge in [-0.05, 0) is 91.7 Å². The van der Waals surface area contributed by atoms with Crippen LogP contribution >= 0.6 is 0 Å². The van der Waals surface area contributed by atoms with Crippen molar-refractivity contribution in [3.63, 3.8) is 0 Å². The highest BCUT2D eigenvalue weighted by molar-refractivity contribution is 6.02. The fourth-order valence-corrected chi connectivity index (χ4v) is 6.78. The van der Waals surface area contributed by atoms with Crippen molar-refractivity contribution in [3.8, 4) is 11.3 Å². The molecule has 0 amide bonds. The summed E-state index contributed by atoms with van der Waals surface area (Å²) in [6.45, 7) is 6.97. The van der Waals surface area contributed by atoms with Gasteiger partial charge in [-0.15, -0.1) is 0 Å². The SMILES string of the molecule is CC=CC(C)(C1=C(C2=NC=CCC2)CCC=C1)C(CC)c1ccccc1-c1cc(C2=CCCC=C2)cc[n+]1C. The van der Waals surface area contributed by atoms with Crippen LogP contribution in [0.15, 0.2) is 114 Å². The zero-order valence-electron chi connectivity index (χ0n) is 24.2. The Morgan fingerprint density at radius 2 is 1.82 bits per heavy atom. The monoisotopic (exact) mass is 515 g/mol. The quantitative estimate of drug-likeness (QED) is 0.246. The van der Waals surface area contributed by atoms with Crippen molar-refractivity contribution in [1.82, 2.24) is 0 Å². The van der Waals surface area contributed by atoms with Crippen LogP contribution in [0.5, 0.6) is 0 Å². The van der Waals surface area contributed by atoms with E-state index in [1.54, 1.807) is 0 Å². The Morgan fingerprint density at radius 3 is 2.56 bits per heavy atom. The number of nitrogens with zero attached hydrogens (tertiary/aromatic N) is 2. The van der Waals surface area contributed by atoms with E-state index in [1.165, 1.54) is 44.8 Å². The highest BCUT2D eigenvalue weighted by Gasteiger charge is 2.39. The minimum atomic E-state index is -0.152. The second-order valence-corrected chi connectivity index (χ2v) is 11.2. The summed E-state index contributed by atoms with van der Waals surface area (Å²) in [6, 6.07) is 13.7. The number of hydrogen-bond donors (Lipinski definition) is 0. The fourth-order valence-electron chi connectivity index (χ4n) is 6.78. The first-order chi connectivity index (χ1) is 19.1. The molecule has 39 heavy (non-hydrogen) atoms. The lowest BCUT2D eigenvalue weighted by Gasteiger charge is -2.40. The average Bonchev–Trinajstić information content (AvgIpc) is 2.99. The molecule has 0 saturated carbocycles. The third-order valence-electron chi connectivity index (χ3n) is 8.72. The molecular weight excluding hydrogens is 472 g/mol. The zero-order valence-corrected chi connectivity index (χ0v) is 24.2. The van der Waals surface area contributed by atoms with Gasteiger partial charge in [0.1, 0.15) is 7.05 Å². The number of pyridine rings is 1. The maximum absolute atomic E-state index is 4.87. The highest BCUT2D eigenvalue weighted by atomic mass is 14.9. The first-order valence-corrected chi connectivity index (χ1v) is 14.8. The van der Waals surface area contributed by atoms with Crippen molar-refractivity contribution in [3.05, 3.63) is 120 Å². The molecule has 2 heterocycles. The largest absolute Gasteiger partial charge is 0.261 e. The van der Waals surface area contributed by atoms with Gasteiger partial charge in [-0.2, -0.15) is 0 Å². The van der Waals surface area contributed by atoms with Gasteiger partial charge in [0, 0.05) is 35.0 Å². The zero-order chi connectivity index (χ0) is 27.2. The molecule has 2 nitrogen and oxygen atoms in total. The molecule has 0 fully saturated rings. The van der Waals surface area contributed by atoms with Gasteiger partial charge in [0.05, 0.1) is 0 Å². The third-order valence-corrected chi connectivity index (χ3v) is 8.72. The van der Waals surface area contributed by atoms with E-state index in [2.05, 4.69) is 124 Å². The van der Waals surface area contributed by atoms with Crippen molar-refractivity contribution in [2.24, 2.45) is 17.5 Å². The number of rotatable bonds is 8. The normalized spacial score (nSPS) is 19.7. The standard InChI is InChI=1S/C37H43N2/c1-5-24-37(3,34-21-13-12-20-32(34)35-22-14-15-25-38-35)33(6-2)30-18-10-11-19-31(30)36-27-29(23-26-39(36)4)28-16-8-7-9-17-28/h5,8,10-11,13,15-19,21,23-27,33H,6-7,9,12,14,20,22H2,1-4H3/q+1. The molecule has 0 spiro atoms. The van der Waals surface area contributed by atoms with Crippen LogP contribution in [-0.2, 0) is 7.05 Å². The van der Waals surface area contributed by atoms with E-state index in [0.717, 1.165) is 44.9 Å². The van der Waals surface area contributed by atoms with Crippen LogP contribution in [0, 0.1) is 5.41 Å². The number of aryl methyl sites for hydroxylation is 1. The molecule has 2 atom stereocenters. The van der Waals surface area contributed by atoms with Crippen LogP contribution in [0.25, 0.3) is 16.8 Å².